The van der Waals surface area contributed by atoms with Crippen LogP contribution in [0.25, 0.3) is 0 Å². The fourth-order valence-corrected chi connectivity index (χ4v) is 6.35. The van der Waals surface area contributed by atoms with Crippen molar-refractivity contribution in [3.8, 4) is 0 Å². The normalized spacial score (nSPS) is 33.5. The second-order valence-electron chi connectivity index (χ2n) is 10.2. The molecule has 0 aromatic carbocycles. The molecule has 0 aromatic rings. The molecule has 3 fully saturated rings. The molecule has 2 unspecified atom stereocenters. The molecule has 0 saturated carbocycles. The molecule has 3 aliphatic heterocycles. The monoisotopic (exact) mass is 464 g/mol. The molecular weight excluding hydrogens is 424 g/mol. The molecule has 3 heterocycles. The highest BCUT2D eigenvalue weighted by Gasteiger charge is 2.79. The number of likely N-dealkylation sites (tertiary alicyclic amines) is 1. The first kappa shape index (κ1) is 25.7. The second kappa shape index (κ2) is 9.37. The summed E-state index contributed by atoms with van der Waals surface area (Å²) >= 11 is 0. The first-order valence-electron chi connectivity index (χ1n) is 12.3. The van der Waals surface area contributed by atoms with Gasteiger partial charge in [-0.15, -0.1) is 6.58 Å². The van der Waals surface area contributed by atoms with Crippen LogP contribution in [0.1, 0.15) is 60.8 Å². The van der Waals surface area contributed by atoms with Gasteiger partial charge in [0, 0.05) is 12.6 Å². The predicted molar refractivity (Wildman–Crippen MR) is 123 cm³/mol. The summed E-state index contributed by atoms with van der Waals surface area (Å²) in [6, 6.07) is -1.59. The Morgan fingerprint density at radius 2 is 1.97 bits per heavy atom. The molecule has 1 N–H and O–H groups in total. The van der Waals surface area contributed by atoms with E-state index in [1.165, 1.54) is 4.90 Å². The minimum Gasteiger partial charge on any atom is -0.466 e. The van der Waals surface area contributed by atoms with Crippen molar-refractivity contribution >= 4 is 17.8 Å². The summed E-state index contributed by atoms with van der Waals surface area (Å²) < 4.78 is 12.1. The number of aliphatic hydroxyl groups is 1. The summed E-state index contributed by atoms with van der Waals surface area (Å²) in [4.78, 5) is 44.5. The van der Waals surface area contributed by atoms with Crippen molar-refractivity contribution in [1.29, 1.82) is 0 Å². The Bertz CT molecular complexity index is 798. The lowest BCUT2D eigenvalue weighted by atomic mass is 9.65. The molecule has 0 aromatic heterocycles. The van der Waals surface area contributed by atoms with Crippen LogP contribution < -0.4 is 0 Å². The molecular formula is C25H40N2O6. The van der Waals surface area contributed by atoms with E-state index in [4.69, 9.17) is 9.47 Å². The van der Waals surface area contributed by atoms with Crippen LogP contribution in [0.2, 0.25) is 0 Å². The van der Waals surface area contributed by atoms with Crippen LogP contribution in [-0.4, -0.2) is 81.8 Å². The van der Waals surface area contributed by atoms with Crippen molar-refractivity contribution in [2.45, 2.75) is 90.1 Å². The fourth-order valence-electron chi connectivity index (χ4n) is 6.35. The number of aliphatic hydroxyl groups excluding tert-OH is 1. The SMILES string of the molecule is C=CCN(C(=O)C1N([C@@H](CO)C(C)C)C(=O)[C@@H]2[C@H](C(=O)OCC)[C@]3(CC)CCC12O3)C(C)C. The topological polar surface area (TPSA) is 96.4 Å². The van der Waals surface area contributed by atoms with Crippen LogP contribution >= 0.6 is 0 Å². The number of rotatable bonds is 10. The van der Waals surface area contributed by atoms with E-state index >= 15 is 0 Å². The third-order valence-corrected chi connectivity index (χ3v) is 7.94. The van der Waals surface area contributed by atoms with Crippen molar-refractivity contribution in [2.24, 2.45) is 17.8 Å². The molecule has 8 heteroatoms. The molecule has 3 aliphatic rings. The summed E-state index contributed by atoms with van der Waals surface area (Å²) in [5, 5.41) is 10.2. The van der Waals surface area contributed by atoms with Crippen LogP contribution in [-0.2, 0) is 23.9 Å². The Hall–Kier alpha value is -1.93. The van der Waals surface area contributed by atoms with Gasteiger partial charge in [-0.25, -0.2) is 0 Å². The number of ether oxygens (including phenoxy) is 2. The number of carbonyl (C=O) groups excluding carboxylic acids is 3. The molecule has 3 saturated heterocycles. The smallest absolute Gasteiger partial charge is 0.312 e. The van der Waals surface area contributed by atoms with Gasteiger partial charge < -0.3 is 24.4 Å². The first-order chi connectivity index (χ1) is 15.6. The molecule has 1 spiro atoms. The number of amides is 2. The number of hydrogen-bond acceptors (Lipinski definition) is 6. The minimum atomic E-state index is -1.11. The van der Waals surface area contributed by atoms with Gasteiger partial charge in [-0.05, 0) is 46.0 Å². The quantitative estimate of drug-likeness (QED) is 0.393. The van der Waals surface area contributed by atoms with Gasteiger partial charge in [-0.2, -0.15) is 0 Å². The Morgan fingerprint density at radius 3 is 2.45 bits per heavy atom. The molecule has 6 atom stereocenters. The Kier molecular flexibility index (Phi) is 7.30. The molecule has 0 radical (unpaired) electrons. The van der Waals surface area contributed by atoms with E-state index < -0.39 is 41.1 Å². The summed E-state index contributed by atoms with van der Waals surface area (Å²) in [7, 11) is 0. The maximum Gasteiger partial charge on any atom is 0.312 e. The standard InChI is InChI=1S/C25H40N2O6/c1-8-13-26(16(6)7)22(30)20-25-12-11-24(9-2,33-25)19(23(31)32-10-3)18(25)21(29)27(20)17(14-28)15(4)5/h8,15-20,28H,1,9-14H2,2-7H3/t17-,18-,19+,20?,24-,25?/m0/s1. The van der Waals surface area contributed by atoms with Gasteiger partial charge in [0.25, 0.3) is 0 Å². The molecule has 3 rings (SSSR count). The van der Waals surface area contributed by atoms with Gasteiger partial charge in [0.2, 0.25) is 11.8 Å². The number of nitrogens with zero attached hydrogens (tertiary/aromatic N) is 2. The molecule has 186 valence electrons. The Labute approximate surface area is 197 Å². The van der Waals surface area contributed by atoms with E-state index in [1.54, 1.807) is 17.9 Å². The fraction of sp³-hybridized carbons (Fsp3) is 0.800. The van der Waals surface area contributed by atoms with Gasteiger partial charge in [0.15, 0.2) is 0 Å². The van der Waals surface area contributed by atoms with Gasteiger partial charge in [-0.1, -0.05) is 26.8 Å². The maximum atomic E-state index is 14.1. The van der Waals surface area contributed by atoms with E-state index in [0.717, 1.165) is 0 Å². The van der Waals surface area contributed by atoms with Crippen LogP contribution in [0.4, 0.5) is 0 Å². The van der Waals surface area contributed by atoms with Crippen molar-refractivity contribution in [2.75, 3.05) is 19.8 Å². The first-order valence-corrected chi connectivity index (χ1v) is 12.3. The highest BCUT2D eigenvalue weighted by Crippen LogP contribution is 2.65. The third kappa shape index (κ3) is 3.70. The van der Waals surface area contributed by atoms with Crippen molar-refractivity contribution < 1.29 is 29.0 Å². The summed E-state index contributed by atoms with van der Waals surface area (Å²) in [6.45, 7) is 15.4. The van der Waals surface area contributed by atoms with Crippen LogP contribution in [0.15, 0.2) is 12.7 Å². The zero-order valence-electron chi connectivity index (χ0n) is 20.9. The van der Waals surface area contributed by atoms with Crippen molar-refractivity contribution in [1.82, 2.24) is 9.80 Å². The number of hydrogen-bond donors (Lipinski definition) is 1. The minimum absolute atomic E-state index is 0.0882. The zero-order valence-corrected chi connectivity index (χ0v) is 20.9. The second-order valence-corrected chi connectivity index (χ2v) is 10.2. The van der Waals surface area contributed by atoms with Crippen LogP contribution in [0.5, 0.6) is 0 Å². The molecule has 2 amide bonds. The van der Waals surface area contributed by atoms with Crippen LogP contribution in [0, 0.1) is 17.8 Å². The summed E-state index contributed by atoms with van der Waals surface area (Å²) in [6.07, 6.45) is 3.32. The van der Waals surface area contributed by atoms with E-state index in [2.05, 4.69) is 6.58 Å². The molecule has 2 bridgehead atoms. The van der Waals surface area contributed by atoms with Gasteiger partial charge in [0.1, 0.15) is 17.6 Å². The highest BCUT2D eigenvalue weighted by atomic mass is 16.6. The van der Waals surface area contributed by atoms with E-state index in [-0.39, 0.29) is 37.0 Å². The summed E-state index contributed by atoms with van der Waals surface area (Å²) in [5.41, 5.74) is -1.93. The van der Waals surface area contributed by atoms with Crippen molar-refractivity contribution in [3.05, 3.63) is 12.7 Å². The van der Waals surface area contributed by atoms with Gasteiger partial charge in [0.05, 0.1) is 30.8 Å². The molecule has 0 aliphatic carbocycles. The third-order valence-electron chi connectivity index (χ3n) is 7.94. The Morgan fingerprint density at radius 1 is 1.30 bits per heavy atom. The number of esters is 1. The van der Waals surface area contributed by atoms with E-state index in [1.807, 2.05) is 34.6 Å². The van der Waals surface area contributed by atoms with E-state index in [0.29, 0.717) is 25.8 Å². The average molecular weight is 465 g/mol. The summed E-state index contributed by atoms with van der Waals surface area (Å²) in [5.74, 6) is -2.61. The number of fused-ring (bicyclic) bond motifs is 1. The molecule has 8 nitrogen and oxygen atoms in total. The highest BCUT2D eigenvalue weighted by molar-refractivity contribution is 5.98. The maximum absolute atomic E-state index is 14.1. The zero-order chi connectivity index (χ0) is 24.7. The van der Waals surface area contributed by atoms with Crippen molar-refractivity contribution in [3.63, 3.8) is 0 Å². The average Bonchev–Trinajstić information content (AvgIpc) is 3.36. The largest absolute Gasteiger partial charge is 0.466 e. The lowest BCUT2D eigenvalue weighted by Gasteiger charge is -2.41. The van der Waals surface area contributed by atoms with Gasteiger partial charge in [-0.3, -0.25) is 14.4 Å². The van der Waals surface area contributed by atoms with Gasteiger partial charge >= 0.3 is 5.97 Å². The van der Waals surface area contributed by atoms with E-state index in [9.17, 15) is 19.5 Å². The lowest BCUT2D eigenvalue weighted by molar-refractivity contribution is -0.164. The van der Waals surface area contributed by atoms with Crippen LogP contribution in [0.3, 0.4) is 0 Å². The molecule has 33 heavy (non-hydrogen) atoms. The number of carbonyl (C=O) groups is 3. The lowest BCUT2D eigenvalue weighted by Crippen LogP contribution is -2.60. The Balaban J connectivity index is 2.19. The predicted octanol–water partition coefficient (Wildman–Crippen LogP) is 2.14.